The summed E-state index contributed by atoms with van der Waals surface area (Å²) in [6.07, 6.45) is 4.75. The van der Waals surface area contributed by atoms with E-state index in [1.54, 1.807) is 0 Å². The molecule has 0 radical (unpaired) electrons. The Labute approximate surface area is 150 Å². The van der Waals surface area contributed by atoms with Crippen molar-refractivity contribution in [3.05, 3.63) is 34.5 Å². The summed E-state index contributed by atoms with van der Waals surface area (Å²) in [5.74, 6) is 0.705. The van der Waals surface area contributed by atoms with Crippen LogP contribution in [0.15, 0.2) is 18.2 Å². The zero-order valence-corrected chi connectivity index (χ0v) is 15.7. The van der Waals surface area contributed by atoms with E-state index in [-0.39, 0.29) is 0 Å². The number of nitrogens with one attached hydrogen (secondary N) is 1. The molecule has 4 heteroatoms. The highest BCUT2D eigenvalue weighted by Gasteiger charge is 2.22. The molecule has 0 amide bonds. The van der Waals surface area contributed by atoms with E-state index in [0.29, 0.717) is 25.0 Å². The molecule has 1 aliphatic rings. The second-order valence-corrected chi connectivity index (χ2v) is 7.79. The standard InChI is InChI=1S/C20H29ClN2O/c1-13-7-4-5-10-19(13)22-11-16(24)12-23-15(3)14(2)17-8-6-9-18(21)20(17)23/h6,8-9,13,16,19,22,24H,4-5,7,10-12H2,1-3H3/t13-,16+,19-/m0/s1. The minimum absolute atomic E-state index is 0.413. The summed E-state index contributed by atoms with van der Waals surface area (Å²) in [4.78, 5) is 0. The number of aromatic nitrogens is 1. The lowest BCUT2D eigenvalue weighted by Crippen LogP contribution is -2.42. The van der Waals surface area contributed by atoms with Crippen LogP contribution in [0.4, 0.5) is 0 Å². The van der Waals surface area contributed by atoms with Crippen LogP contribution in [0.25, 0.3) is 10.9 Å². The first kappa shape index (κ1) is 17.8. The Hall–Kier alpha value is -1.03. The zero-order chi connectivity index (χ0) is 17.3. The molecule has 3 nitrogen and oxygen atoms in total. The van der Waals surface area contributed by atoms with E-state index in [0.717, 1.165) is 10.5 Å². The number of rotatable bonds is 5. The molecule has 2 N–H and O–H groups in total. The number of halogens is 1. The smallest absolute Gasteiger partial charge is 0.0843 e. The van der Waals surface area contributed by atoms with Crippen LogP contribution in [0.3, 0.4) is 0 Å². The fraction of sp³-hybridized carbons (Fsp3) is 0.600. The van der Waals surface area contributed by atoms with Crippen LogP contribution in [0.2, 0.25) is 5.02 Å². The molecule has 1 saturated carbocycles. The molecule has 0 aliphatic heterocycles. The number of aliphatic hydroxyl groups is 1. The van der Waals surface area contributed by atoms with Crippen molar-refractivity contribution < 1.29 is 5.11 Å². The predicted octanol–water partition coefficient (Wildman–Crippen LogP) is 4.44. The van der Waals surface area contributed by atoms with Gasteiger partial charge >= 0.3 is 0 Å². The third kappa shape index (κ3) is 3.49. The first-order chi connectivity index (χ1) is 11.5. The van der Waals surface area contributed by atoms with Gasteiger partial charge in [0.1, 0.15) is 0 Å². The molecule has 0 spiro atoms. The molecule has 1 aromatic carbocycles. The lowest BCUT2D eigenvalue weighted by molar-refractivity contribution is 0.139. The lowest BCUT2D eigenvalue weighted by Gasteiger charge is -2.30. The van der Waals surface area contributed by atoms with E-state index in [2.05, 4.69) is 36.7 Å². The van der Waals surface area contributed by atoms with E-state index in [9.17, 15) is 5.11 Å². The Morgan fingerprint density at radius 1 is 1.29 bits per heavy atom. The Morgan fingerprint density at radius 3 is 2.79 bits per heavy atom. The van der Waals surface area contributed by atoms with Crippen molar-refractivity contribution in [3.63, 3.8) is 0 Å². The molecule has 24 heavy (non-hydrogen) atoms. The van der Waals surface area contributed by atoms with Gasteiger partial charge in [0.25, 0.3) is 0 Å². The predicted molar refractivity (Wildman–Crippen MR) is 102 cm³/mol. The maximum Gasteiger partial charge on any atom is 0.0843 e. The molecule has 2 aromatic rings. The fourth-order valence-corrected chi connectivity index (χ4v) is 4.34. The van der Waals surface area contributed by atoms with E-state index in [4.69, 9.17) is 11.6 Å². The van der Waals surface area contributed by atoms with E-state index in [1.165, 1.54) is 42.3 Å². The van der Waals surface area contributed by atoms with E-state index in [1.807, 2.05) is 12.1 Å². The number of nitrogens with zero attached hydrogens (tertiary/aromatic N) is 1. The van der Waals surface area contributed by atoms with Crippen LogP contribution in [-0.2, 0) is 6.54 Å². The Bertz CT molecular complexity index is 709. The van der Waals surface area contributed by atoms with Gasteiger partial charge in [0, 0.05) is 23.7 Å². The van der Waals surface area contributed by atoms with Gasteiger partial charge in [0.05, 0.1) is 23.2 Å². The highest BCUT2D eigenvalue weighted by atomic mass is 35.5. The molecular formula is C20H29ClN2O. The average Bonchev–Trinajstić information content (AvgIpc) is 2.80. The van der Waals surface area contributed by atoms with Crippen LogP contribution in [0, 0.1) is 19.8 Å². The van der Waals surface area contributed by atoms with E-state index >= 15 is 0 Å². The van der Waals surface area contributed by atoms with Crippen molar-refractivity contribution in [2.45, 2.75) is 65.1 Å². The van der Waals surface area contributed by atoms with Gasteiger partial charge in [-0.25, -0.2) is 0 Å². The third-order valence-electron chi connectivity index (χ3n) is 5.73. The van der Waals surface area contributed by atoms with Gasteiger partial charge in [-0.05, 0) is 44.2 Å². The van der Waals surface area contributed by atoms with E-state index < -0.39 is 6.10 Å². The van der Waals surface area contributed by atoms with Crippen LogP contribution in [0.5, 0.6) is 0 Å². The zero-order valence-electron chi connectivity index (χ0n) is 15.0. The molecule has 3 rings (SSSR count). The Morgan fingerprint density at radius 2 is 2.04 bits per heavy atom. The van der Waals surface area contributed by atoms with Gasteiger partial charge in [-0.2, -0.15) is 0 Å². The average molecular weight is 349 g/mol. The summed E-state index contributed by atoms with van der Waals surface area (Å²) in [6.45, 7) is 7.76. The Kier molecular flexibility index (Phi) is 5.53. The quantitative estimate of drug-likeness (QED) is 0.838. The molecule has 0 saturated heterocycles. The molecule has 0 bridgehead atoms. The van der Waals surface area contributed by atoms with Gasteiger partial charge in [0.15, 0.2) is 0 Å². The van der Waals surface area contributed by atoms with Gasteiger partial charge in [-0.3, -0.25) is 0 Å². The summed E-state index contributed by atoms with van der Waals surface area (Å²) >= 11 is 6.43. The van der Waals surface area contributed by atoms with Crippen LogP contribution >= 0.6 is 11.6 Å². The van der Waals surface area contributed by atoms with Crippen molar-refractivity contribution in [2.24, 2.45) is 5.92 Å². The fourth-order valence-electron chi connectivity index (χ4n) is 4.07. The number of fused-ring (bicyclic) bond motifs is 1. The van der Waals surface area contributed by atoms with Crippen LogP contribution in [0.1, 0.15) is 43.9 Å². The number of aryl methyl sites for hydroxylation is 1. The molecule has 1 aliphatic carbocycles. The molecule has 0 unspecified atom stereocenters. The van der Waals surface area contributed by atoms with Crippen LogP contribution in [-0.4, -0.2) is 28.4 Å². The minimum atomic E-state index is -0.413. The number of hydrogen-bond donors (Lipinski definition) is 2. The molecule has 1 heterocycles. The number of aliphatic hydroxyl groups excluding tert-OH is 1. The summed E-state index contributed by atoms with van der Waals surface area (Å²) in [5, 5.41) is 16.1. The van der Waals surface area contributed by atoms with Crippen molar-refractivity contribution in [3.8, 4) is 0 Å². The maximum absolute atomic E-state index is 10.6. The number of benzene rings is 1. The van der Waals surface area contributed by atoms with Gasteiger partial charge in [0.2, 0.25) is 0 Å². The van der Waals surface area contributed by atoms with Gasteiger partial charge < -0.3 is 15.0 Å². The minimum Gasteiger partial charge on any atom is -0.390 e. The summed E-state index contributed by atoms with van der Waals surface area (Å²) in [5.41, 5.74) is 3.47. The molecular weight excluding hydrogens is 320 g/mol. The molecule has 1 fully saturated rings. The highest BCUT2D eigenvalue weighted by Crippen LogP contribution is 2.31. The number of hydrogen-bond acceptors (Lipinski definition) is 2. The molecule has 1 aromatic heterocycles. The summed E-state index contributed by atoms with van der Waals surface area (Å²) in [7, 11) is 0. The topological polar surface area (TPSA) is 37.2 Å². The first-order valence-corrected chi connectivity index (χ1v) is 9.52. The van der Waals surface area contributed by atoms with Crippen molar-refractivity contribution in [1.29, 1.82) is 0 Å². The largest absolute Gasteiger partial charge is 0.390 e. The second kappa shape index (κ2) is 7.47. The lowest BCUT2D eigenvalue weighted by atomic mass is 9.86. The van der Waals surface area contributed by atoms with Crippen LogP contribution < -0.4 is 5.32 Å². The molecule has 3 atom stereocenters. The second-order valence-electron chi connectivity index (χ2n) is 7.39. The highest BCUT2D eigenvalue weighted by molar-refractivity contribution is 6.35. The summed E-state index contributed by atoms with van der Waals surface area (Å²) < 4.78 is 2.17. The number of para-hydroxylation sites is 1. The monoisotopic (exact) mass is 348 g/mol. The normalized spacial score (nSPS) is 22.9. The van der Waals surface area contributed by atoms with Gasteiger partial charge in [-0.1, -0.05) is 43.5 Å². The first-order valence-electron chi connectivity index (χ1n) is 9.14. The third-order valence-corrected chi connectivity index (χ3v) is 6.03. The van der Waals surface area contributed by atoms with Crippen molar-refractivity contribution in [1.82, 2.24) is 9.88 Å². The Balaban J connectivity index is 1.71. The van der Waals surface area contributed by atoms with Gasteiger partial charge in [-0.15, -0.1) is 0 Å². The van der Waals surface area contributed by atoms with Crippen molar-refractivity contribution >= 4 is 22.5 Å². The maximum atomic E-state index is 10.6. The molecule has 132 valence electrons. The summed E-state index contributed by atoms with van der Waals surface area (Å²) in [6, 6.07) is 6.56. The SMILES string of the molecule is Cc1c(C)n(C[C@H](O)CN[C@H]2CCCC[C@@H]2C)c2c(Cl)cccc12. The van der Waals surface area contributed by atoms with Crippen molar-refractivity contribution in [2.75, 3.05) is 6.54 Å².